The highest BCUT2D eigenvalue weighted by Crippen LogP contribution is 2.26. The molecule has 1 aliphatic heterocycles. The van der Waals surface area contributed by atoms with Gasteiger partial charge in [0.25, 0.3) is 0 Å². The van der Waals surface area contributed by atoms with Gasteiger partial charge in [-0.15, -0.1) is 0 Å². The largest absolute Gasteiger partial charge is 0.353 e. The summed E-state index contributed by atoms with van der Waals surface area (Å²) in [5.74, 6) is 1.19. The SMILES string of the molecule is N[C@H]1CCC[C@@H]1C(=O)N1CCN(c2ccc(Cl)cn2)CC1. The van der Waals surface area contributed by atoms with Crippen LogP contribution in [0.2, 0.25) is 5.02 Å². The molecule has 0 radical (unpaired) electrons. The maximum Gasteiger partial charge on any atom is 0.227 e. The first kappa shape index (κ1) is 14.6. The molecule has 2 fully saturated rings. The fraction of sp³-hybridized carbons (Fsp3) is 0.600. The van der Waals surface area contributed by atoms with E-state index in [1.165, 1.54) is 0 Å². The summed E-state index contributed by atoms with van der Waals surface area (Å²) in [6.45, 7) is 3.10. The number of carbonyl (C=O) groups is 1. The summed E-state index contributed by atoms with van der Waals surface area (Å²) in [4.78, 5) is 21.0. The van der Waals surface area contributed by atoms with Gasteiger partial charge < -0.3 is 15.5 Å². The number of nitrogens with two attached hydrogens (primary N) is 1. The number of amides is 1. The minimum absolute atomic E-state index is 0.0326. The Balaban J connectivity index is 1.57. The van der Waals surface area contributed by atoms with Crippen molar-refractivity contribution < 1.29 is 4.79 Å². The molecule has 1 aromatic rings. The molecule has 114 valence electrons. The minimum Gasteiger partial charge on any atom is -0.353 e. The molecule has 0 bridgehead atoms. The number of hydrogen-bond donors (Lipinski definition) is 1. The molecule has 0 spiro atoms. The van der Waals surface area contributed by atoms with Crippen LogP contribution in [-0.2, 0) is 4.79 Å². The zero-order valence-corrected chi connectivity index (χ0v) is 12.8. The fourth-order valence-corrected chi connectivity index (χ4v) is 3.35. The maximum atomic E-state index is 12.5. The molecule has 0 aromatic carbocycles. The molecule has 1 aliphatic carbocycles. The standard InChI is InChI=1S/C15H21ClN4O/c16-11-4-5-14(18-10-11)19-6-8-20(9-7-19)15(21)12-2-1-3-13(12)17/h4-5,10,12-13H,1-3,6-9,17H2/t12-,13-/m0/s1. The first-order chi connectivity index (χ1) is 10.1. The van der Waals surface area contributed by atoms with Gasteiger partial charge >= 0.3 is 0 Å². The lowest BCUT2D eigenvalue weighted by atomic mass is 10.0. The van der Waals surface area contributed by atoms with Crippen molar-refractivity contribution in [1.29, 1.82) is 0 Å². The van der Waals surface area contributed by atoms with Crippen molar-refractivity contribution in [3.63, 3.8) is 0 Å². The van der Waals surface area contributed by atoms with Crippen LogP contribution in [0.5, 0.6) is 0 Å². The molecule has 2 N–H and O–H groups in total. The van der Waals surface area contributed by atoms with Crippen molar-refractivity contribution in [2.75, 3.05) is 31.1 Å². The number of anilines is 1. The van der Waals surface area contributed by atoms with Crippen LogP contribution in [0.3, 0.4) is 0 Å². The summed E-state index contributed by atoms with van der Waals surface area (Å²) < 4.78 is 0. The van der Waals surface area contributed by atoms with E-state index in [1.54, 1.807) is 6.20 Å². The van der Waals surface area contributed by atoms with E-state index in [1.807, 2.05) is 17.0 Å². The molecule has 3 rings (SSSR count). The predicted octanol–water partition coefficient (Wildman–Crippen LogP) is 1.51. The Morgan fingerprint density at radius 3 is 2.57 bits per heavy atom. The zero-order valence-electron chi connectivity index (χ0n) is 12.0. The Morgan fingerprint density at radius 2 is 2.00 bits per heavy atom. The third-order valence-electron chi connectivity index (χ3n) is 4.51. The number of halogens is 1. The Bertz CT molecular complexity index is 499. The summed E-state index contributed by atoms with van der Waals surface area (Å²) in [7, 11) is 0. The number of carbonyl (C=O) groups excluding carboxylic acids is 1. The number of nitrogens with zero attached hydrogens (tertiary/aromatic N) is 3. The lowest BCUT2D eigenvalue weighted by Gasteiger charge is -2.37. The van der Waals surface area contributed by atoms with E-state index in [-0.39, 0.29) is 17.9 Å². The summed E-state index contributed by atoms with van der Waals surface area (Å²) >= 11 is 5.86. The van der Waals surface area contributed by atoms with Gasteiger partial charge in [-0.1, -0.05) is 18.0 Å². The quantitative estimate of drug-likeness (QED) is 0.899. The fourth-order valence-electron chi connectivity index (χ4n) is 3.24. The monoisotopic (exact) mass is 308 g/mol. The van der Waals surface area contributed by atoms with E-state index in [4.69, 9.17) is 17.3 Å². The van der Waals surface area contributed by atoms with Gasteiger partial charge in [0.2, 0.25) is 5.91 Å². The molecular formula is C15H21ClN4O. The molecule has 5 nitrogen and oxygen atoms in total. The molecule has 6 heteroatoms. The van der Waals surface area contributed by atoms with E-state index in [0.717, 1.165) is 51.3 Å². The van der Waals surface area contributed by atoms with Gasteiger partial charge in [0.1, 0.15) is 5.82 Å². The smallest absolute Gasteiger partial charge is 0.227 e. The molecule has 2 atom stereocenters. The predicted molar refractivity (Wildman–Crippen MR) is 83.4 cm³/mol. The van der Waals surface area contributed by atoms with Crippen LogP contribution in [0.4, 0.5) is 5.82 Å². The molecular weight excluding hydrogens is 288 g/mol. The van der Waals surface area contributed by atoms with Gasteiger partial charge in [0.15, 0.2) is 0 Å². The van der Waals surface area contributed by atoms with Crippen molar-refractivity contribution in [3.8, 4) is 0 Å². The van der Waals surface area contributed by atoms with E-state index in [0.29, 0.717) is 5.02 Å². The first-order valence-corrected chi connectivity index (χ1v) is 7.94. The highest BCUT2D eigenvalue weighted by atomic mass is 35.5. The number of rotatable bonds is 2. The third kappa shape index (κ3) is 3.14. The Hall–Kier alpha value is -1.33. The molecule has 1 amide bonds. The second-order valence-corrected chi connectivity index (χ2v) is 6.28. The number of hydrogen-bond acceptors (Lipinski definition) is 4. The molecule has 1 aromatic heterocycles. The normalized spacial score (nSPS) is 26.2. The van der Waals surface area contributed by atoms with Gasteiger partial charge in [-0.05, 0) is 25.0 Å². The van der Waals surface area contributed by atoms with Gasteiger partial charge in [0, 0.05) is 38.4 Å². The summed E-state index contributed by atoms with van der Waals surface area (Å²) in [5, 5.41) is 0.641. The molecule has 1 saturated carbocycles. The lowest BCUT2D eigenvalue weighted by molar-refractivity contribution is -0.136. The Kier molecular flexibility index (Phi) is 4.31. The Morgan fingerprint density at radius 1 is 1.24 bits per heavy atom. The molecule has 21 heavy (non-hydrogen) atoms. The highest BCUT2D eigenvalue weighted by Gasteiger charge is 2.34. The van der Waals surface area contributed by atoms with Crippen molar-refractivity contribution in [1.82, 2.24) is 9.88 Å². The lowest BCUT2D eigenvalue weighted by Crippen LogP contribution is -2.52. The van der Waals surface area contributed by atoms with Crippen molar-refractivity contribution in [2.24, 2.45) is 11.7 Å². The number of pyridine rings is 1. The van der Waals surface area contributed by atoms with Gasteiger partial charge in [0.05, 0.1) is 10.9 Å². The van der Waals surface area contributed by atoms with Crippen LogP contribution in [-0.4, -0.2) is 48.0 Å². The topological polar surface area (TPSA) is 62.5 Å². The number of aromatic nitrogens is 1. The van der Waals surface area contributed by atoms with E-state index >= 15 is 0 Å². The highest BCUT2D eigenvalue weighted by molar-refractivity contribution is 6.30. The minimum atomic E-state index is 0.0326. The maximum absolute atomic E-state index is 12.5. The van der Waals surface area contributed by atoms with Crippen LogP contribution < -0.4 is 10.6 Å². The summed E-state index contributed by atoms with van der Waals surface area (Å²) in [5.41, 5.74) is 6.04. The van der Waals surface area contributed by atoms with E-state index < -0.39 is 0 Å². The molecule has 2 aliphatic rings. The Labute approximate surface area is 130 Å². The van der Waals surface area contributed by atoms with Crippen LogP contribution in [0.25, 0.3) is 0 Å². The van der Waals surface area contributed by atoms with Crippen LogP contribution >= 0.6 is 11.6 Å². The van der Waals surface area contributed by atoms with Crippen LogP contribution in [0.15, 0.2) is 18.3 Å². The third-order valence-corrected chi connectivity index (χ3v) is 4.74. The summed E-state index contributed by atoms with van der Waals surface area (Å²) in [6.07, 6.45) is 4.65. The van der Waals surface area contributed by atoms with Crippen molar-refractivity contribution in [3.05, 3.63) is 23.4 Å². The van der Waals surface area contributed by atoms with E-state index in [9.17, 15) is 4.79 Å². The molecule has 2 heterocycles. The van der Waals surface area contributed by atoms with Gasteiger partial charge in [-0.3, -0.25) is 4.79 Å². The van der Waals surface area contributed by atoms with Crippen LogP contribution in [0, 0.1) is 5.92 Å². The number of piperazine rings is 1. The van der Waals surface area contributed by atoms with Gasteiger partial charge in [-0.2, -0.15) is 0 Å². The van der Waals surface area contributed by atoms with E-state index in [2.05, 4.69) is 9.88 Å². The van der Waals surface area contributed by atoms with Gasteiger partial charge in [-0.25, -0.2) is 4.98 Å². The first-order valence-electron chi connectivity index (χ1n) is 7.56. The van der Waals surface area contributed by atoms with Crippen molar-refractivity contribution in [2.45, 2.75) is 25.3 Å². The van der Waals surface area contributed by atoms with Crippen molar-refractivity contribution >= 4 is 23.3 Å². The second-order valence-electron chi connectivity index (χ2n) is 5.85. The van der Waals surface area contributed by atoms with Crippen LogP contribution in [0.1, 0.15) is 19.3 Å². The average molecular weight is 309 g/mol. The summed E-state index contributed by atoms with van der Waals surface area (Å²) in [6, 6.07) is 3.82. The zero-order chi connectivity index (χ0) is 14.8. The average Bonchev–Trinajstić information content (AvgIpc) is 2.94. The second kappa shape index (κ2) is 6.20. The molecule has 0 unspecified atom stereocenters. The molecule has 1 saturated heterocycles.